The van der Waals surface area contributed by atoms with Crippen LogP contribution in [0.3, 0.4) is 0 Å². The van der Waals surface area contributed by atoms with Crippen molar-refractivity contribution in [3.63, 3.8) is 0 Å². The Morgan fingerprint density at radius 2 is 0.827 bits per heavy atom. The van der Waals surface area contributed by atoms with Crippen molar-refractivity contribution < 1.29 is 4.42 Å². The molecule has 0 fully saturated rings. The van der Waals surface area contributed by atoms with Crippen molar-refractivity contribution in [2.75, 3.05) is 0 Å². The van der Waals surface area contributed by atoms with Crippen LogP contribution in [0.1, 0.15) is 0 Å². The summed E-state index contributed by atoms with van der Waals surface area (Å²) >= 11 is 0. The average Bonchev–Trinajstić information content (AvgIpc) is 3.80. The number of fused-ring (bicyclic) bond motifs is 4. The molecule has 3 heterocycles. The highest BCUT2D eigenvalue weighted by molar-refractivity contribution is 6.09. The van der Waals surface area contributed by atoms with Crippen molar-refractivity contribution in [3.05, 3.63) is 182 Å². The van der Waals surface area contributed by atoms with Crippen LogP contribution < -0.4 is 0 Å². The second kappa shape index (κ2) is 12.3. The molecule has 10 aromatic rings. The first kappa shape index (κ1) is 29.8. The quantitative estimate of drug-likeness (QED) is 0.177. The summed E-state index contributed by atoms with van der Waals surface area (Å²) in [7, 11) is 0. The van der Waals surface area contributed by atoms with E-state index in [1.54, 1.807) is 0 Å². The van der Waals surface area contributed by atoms with Crippen LogP contribution >= 0.6 is 0 Å². The SMILES string of the molecule is c1ccc(-c2ccc3c(c2)c(-c2ccc4oc5ccc(-c6nc(-c7ccccc7)nc(-c7ccccc7)n6)cc5c4c2)cn3-c2ccccc2)cc1. The minimum absolute atomic E-state index is 0.611. The fraction of sp³-hybridized carbons (Fsp3) is 0. The van der Waals surface area contributed by atoms with E-state index >= 15 is 0 Å². The monoisotopic (exact) mass is 666 g/mol. The normalized spacial score (nSPS) is 11.5. The highest BCUT2D eigenvalue weighted by atomic mass is 16.3. The van der Waals surface area contributed by atoms with Gasteiger partial charge in [0.25, 0.3) is 0 Å². The summed E-state index contributed by atoms with van der Waals surface area (Å²) < 4.78 is 8.68. The van der Waals surface area contributed by atoms with Gasteiger partial charge in [-0.3, -0.25) is 0 Å². The van der Waals surface area contributed by atoms with Crippen molar-refractivity contribution in [1.29, 1.82) is 0 Å². The summed E-state index contributed by atoms with van der Waals surface area (Å²) in [5, 5.41) is 3.23. The minimum atomic E-state index is 0.611. The smallest absolute Gasteiger partial charge is 0.164 e. The maximum atomic E-state index is 6.40. The standard InChI is InChI=1S/C47H30N4O/c1-5-13-31(14-6-1)34-21-24-42-38(27-34)41(30-51(42)37-19-11-4-12-20-37)35-22-25-43-39(28-35)40-29-36(23-26-44(40)52-43)47-49-45(32-15-7-2-8-16-32)48-46(50-47)33-17-9-3-10-18-33/h1-30H. The van der Waals surface area contributed by atoms with Gasteiger partial charge in [-0.05, 0) is 71.3 Å². The number of hydrogen-bond acceptors (Lipinski definition) is 4. The fourth-order valence-corrected chi connectivity index (χ4v) is 7.09. The van der Waals surface area contributed by atoms with Crippen LogP contribution in [-0.2, 0) is 0 Å². The van der Waals surface area contributed by atoms with Crippen LogP contribution in [0.15, 0.2) is 187 Å². The lowest BCUT2D eigenvalue weighted by Crippen LogP contribution is -2.00. The summed E-state index contributed by atoms with van der Waals surface area (Å²) in [5.41, 5.74) is 11.3. The van der Waals surface area contributed by atoms with Gasteiger partial charge in [-0.1, -0.05) is 121 Å². The Bertz CT molecular complexity index is 2820. The number of benzene rings is 7. The van der Waals surface area contributed by atoms with Gasteiger partial charge in [0.15, 0.2) is 17.5 Å². The molecule has 244 valence electrons. The summed E-state index contributed by atoms with van der Waals surface area (Å²) in [5.74, 6) is 1.88. The van der Waals surface area contributed by atoms with E-state index in [0.29, 0.717) is 17.5 Å². The number of rotatable bonds is 6. The second-order valence-corrected chi connectivity index (χ2v) is 12.9. The van der Waals surface area contributed by atoms with Gasteiger partial charge in [0.1, 0.15) is 11.2 Å². The Labute approximate surface area is 300 Å². The molecule has 0 amide bonds. The molecule has 0 unspecified atom stereocenters. The van der Waals surface area contributed by atoms with Crippen LogP contribution in [0.25, 0.3) is 94.9 Å². The van der Waals surface area contributed by atoms with Crippen LogP contribution in [0.5, 0.6) is 0 Å². The first-order chi connectivity index (χ1) is 25.7. The highest BCUT2D eigenvalue weighted by Gasteiger charge is 2.17. The van der Waals surface area contributed by atoms with E-state index in [1.165, 1.54) is 16.5 Å². The molecule has 3 aromatic heterocycles. The molecule has 0 saturated carbocycles. The molecule has 0 radical (unpaired) electrons. The summed E-state index contributed by atoms with van der Waals surface area (Å²) in [4.78, 5) is 14.8. The zero-order chi connectivity index (χ0) is 34.4. The molecule has 5 nitrogen and oxygen atoms in total. The molecule has 0 aliphatic carbocycles. The predicted octanol–water partition coefficient (Wildman–Crippen LogP) is 12.0. The van der Waals surface area contributed by atoms with Gasteiger partial charge < -0.3 is 8.98 Å². The van der Waals surface area contributed by atoms with E-state index in [9.17, 15) is 0 Å². The molecule has 0 aliphatic heterocycles. The third kappa shape index (κ3) is 5.24. The third-order valence-electron chi connectivity index (χ3n) is 9.68. The van der Waals surface area contributed by atoms with E-state index in [-0.39, 0.29) is 0 Å². The van der Waals surface area contributed by atoms with Crippen molar-refractivity contribution in [1.82, 2.24) is 19.5 Å². The molecule has 0 N–H and O–H groups in total. The maximum Gasteiger partial charge on any atom is 0.164 e. The Hall–Kier alpha value is -7.11. The molecule has 0 atom stereocenters. The van der Waals surface area contributed by atoms with E-state index in [1.807, 2.05) is 72.8 Å². The molecule has 0 spiro atoms. The second-order valence-electron chi connectivity index (χ2n) is 12.9. The number of nitrogens with zero attached hydrogens (tertiary/aromatic N) is 4. The number of furan rings is 1. The fourth-order valence-electron chi connectivity index (χ4n) is 7.09. The summed E-state index contributed by atoms with van der Waals surface area (Å²) in [6.45, 7) is 0. The van der Waals surface area contributed by atoms with E-state index in [2.05, 4.69) is 114 Å². The zero-order valence-electron chi connectivity index (χ0n) is 28.0. The highest BCUT2D eigenvalue weighted by Crippen LogP contribution is 2.39. The Morgan fingerprint density at radius 1 is 0.365 bits per heavy atom. The van der Waals surface area contributed by atoms with Gasteiger partial charge in [0.05, 0.1) is 5.52 Å². The molecule has 52 heavy (non-hydrogen) atoms. The third-order valence-corrected chi connectivity index (χ3v) is 9.68. The van der Waals surface area contributed by atoms with E-state index < -0.39 is 0 Å². The van der Waals surface area contributed by atoms with Crippen LogP contribution in [-0.4, -0.2) is 19.5 Å². The minimum Gasteiger partial charge on any atom is -0.456 e. The van der Waals surface area contributed by atoms with Crippen molar-refractivity contribution in [2.45, 2.75) is 0 Å². The maximum absolute atomic E-state index is 6.40. The van der Waals surface area contributed by atoms with E-state index in [0.717, 1.165) is 61.0 Å². The molecule has 0 aliphatic rings. The van der Waals surface area contributed by atoms with Gasteiger partial charge in [-0.2, -0.15) is 0 Å². The lowest BCUT2D eigenvalue weighted by molar-refractivity contribution is 0.669. The van der Waals surface area contributed by atoms with E-state index in [4.69, 9.17) is 19.4 Å². The van der Waals surface area contributed by atoms with Gasteiger partial charge in [-0.15, -0.1) is 0 Å². The Kier molecular flexibility index (Phi) is 7.07. The predicted molar refractivity (Wildman–Crippen MR) is 211 cm³/mol. The molecular formula is C47H30N4O. The summed E-state index contributed by atoms with van der Waals surface area (Å²) in [6, 6.07) is 60.6. The first-order valence-corrected chi connectivity index (χ1v) is 17.4. The largest absolute Gasteiger partial charge is 0.456 e. The average molecular weight is 667 g/mol. The molecule has 5 heteroatoms. The number of aromatic nitrogens is 4. The van der Waals surface area contributed by atoms with Crippen LogP contribution in [0.2, 0.25) is 0 Å². The van der Waals surface area contributed by atoms with Crippen molar-refractivity contribution in [3.8, 4) is 62.1 Å². The molecular weight excluding hydrogens is 637 g/mol. The summed E-state index contributed by atoms with van der Waals surface area (Å²) in [6.07, 6.45) is 2.25. The number of hydrogen-bond donors (Lipinski definition) is 0. The molecule has 7 aromatic carbocycles. The Morgan fingerprint density at radius 3 is 1.42 bits per heavy atom. The van der Waals surface area contributed by atoms with Crippen LogP contribution in [0.4, 0.5) is 0 Å². The van der Waals surface area contributed by atoms with Crippen LogP contribution in [0, 0.1) is 0 Å². The number of para-hydroxylation sites is 1. The van der Waals surface area contributed by atoms with Gasteiger partial charge >= 0.3 is 0 Å². The molecule has 10 rings (SSSR count). The topological polar surface area (TPSA) is 56.7 Å². The van der Waals surface area contributed by atoms with Gasteiger partial charge in [0.2, 0.25) is 0 Å². The lowest BCUT2D eigenvalue weighted by Gasteiger charge is -2.08. The van der Waals surface area contributed by atoms with Crippen molar-refractivity contribution in [2.24, 2.45) is 0 Å². The molecule has 0 saturated heterocycles. The van der Waals surface area contributed by atoms with Gasteiger partial charge in [-0.25, -0.2) is 15.0 Å². The first-order valence-electron chi connectivity index (χ1n) is 17.4. The zero-order valence-corrected chi connectivity index (χ0v) is 28.0. The lowest BCUT2D eigenvalue weighted by atomic mass is 9.98. The Balaban J connectivity index is 1.14. The van der Waals surface area contributed by atoms with Gasteiger partial charge in [0, 0.05) is 50.3 Å². The molecule has 0 bridgehead atoms. The van der Waals surface area contributed by atoms with Crippen molar-refractivity contribution >= 4 is 32.8 Å².